The van der Waals surface area contributed by atoms with Crippen LogP contribution in [0.5, 0.6) is 0 Å². The lowest BCUT2D eigenvalue weighted by molar-refractivity contribution is -0.136. The molecule has 0 aromatic rings. The molecule has 0 amide bonds. The molecule has 0 unspecified atom stereocenters. The second-order valence-electron chi connectivity index (χ2n) is 1.62. The van der Waals surface area contributed by atoms with Crippen LogP contribution in [-0.2, 0) is 9.53 Å². The summed E-state index contributed by atoms with van der Waals surface area (Å²) in [7, 11) is 1.12. The topological polar surface area (TPSA) is 26.3 Å². The standard InChI is InChI=1S/C5H3Cl5O2/c1-12-4(11)2(3(6)7)5(8,9)10/h1H3. The molecule has 0 heterocycles. The molecule has 7 heteroatoms. The maximum absolute atomic E-state index is 10.9. The lowest BCUT2D eigenvalue weighted by atomic mass is 10.3. The molecule has 0 radical (unpaired) electrons. The smallest absolute Gasteiger partial charge is 0.340 e. The van der Waals surface area contributed by atoms with Crippen molar-refractivity contribution in [2.24, 2.45) is 0 Å². The van der Waals surface area contributed by atoms with Crippen molar-refractivity contribution in [2.45, 2.75) is 3.79 Å². The van der Waals surface area contributed by atoms with E-state index in [4.69, 9.17) is 58.0 Å². The molecular weight excluding hydrogens is 269 g/mol. The van der Waals surface area contributed by atoms with Crippen LogP contribution >= 0.6 is 58.0 Å². The first-order valence-electron chi connectivity index (χ1n) is 2.51. The predicted molar refractivity (Wildman–Crippen MR) is 51.0 cm³/mol. The Morgan fingerprint density at radius 2 is 1.67 bits per heavy atom. The van der Waals surface area contributed by atoms with Crippen molar-refractivity contribution in [2.75, 3.05) is 7.11 Å². The van der Waals surface area contributed by atoms with Gasteiger partial charge in [-0.25, -0.2) is 4.79 Å². The molecule has 0 fully saturated rings. The van der Waals surface area contributed by atoms with Crippen molar-refractivity contribution < 1.29 is 9.53 Å². The molecule has 0 aliphatic carbocycles. The zero-order chi connectivity index (χ0) is 9.94. The van der Waals surface area contributed by atoms with Crippen LogP contribution in [0.25, 0.3) is 0 Å². The summed E-state index contributed by atoms with van der Waals surface area (Å²) in [5.41, 5.74) is -0.404. The van der Waals surface area contributed by atoms with Crippen molar-refractivity contribution in [3.63, 3.8) is 0 Å². The fraction of sp³-hybridized carbons (Fsp3) is 0.400. The van der Waals surface area contributed by atoms with Gasteiger partial charge in [-0.05, 0) is 0 Å². The molecule has 0 saturated heterocycles. The summed E-state index contributed by atoms with van der Waals surface area (Å²) in [6.45, 7) is 0. The molecule has 0 rings (SSSR count). The lowest BCUT2D eigenvalue weighted by Crippen LogP contribution is -2.18. The predicted octanol–water partition coefficient (Wildman–Crippen LogP) is 3.22. The third-order valence-corrected chi connectivity index (χ3v) is 1.81. The zero-order valence-electron chi connectivity index (χ0n) is 5.71. The van der Waals surface area contributed by atoms with E-state index in [1.54, 1.807) is 0 Å². The van der Waals surface area contributed by atoms with Crippen LogP contribution < -0.4 is 0 Å². The largest absolute Gasteiger partial charge is 0.465 e. The van der Waals surface area contributed by atoms with E-state index in [0.29, 0.717) is 0 Å². The highest BCUT2D eigenvalue weighted by atomic mass is 35.6. The maximum atomic E-state index is 10.9. The van der Waals surface area contributed by atoms with Crippen molar-refractivity contribution >= 4 is 64.0 Å². The Morgan fingerprint density at radius 1 is 1.25 bits per heavy atom. The van der Waals surface area contributed by atoms with Crippen molar-refractivity contribution in [3.05, 3.63) is 10.1 Å². The van der Waals surface area contributed by atoms with Gasteiger partial charge < -0.3 is 4.74 Å². The Kier molecular flexibility index (Phi) is 5.04. The number of methoxy groups -OCH3 is 1. The van der Waals surface area contributed by atoms with E-state index in [-0.39, 0.29) is 0 Å². The van der Waals surface area contributed by atoms with E-state index >= 15 is 0 Å². The quantitative estimate of drug-likeness (QED) is 0.416. The van der Waals surface area contributed by atoms with Gasteiger partial charge in [0.1, 0.15) is 10.1 Å². The molecule has 0 spiro atoms. The summed E-state index contributed by atoms with van der Waals surface area (Å²) < 4.78 is 1.87. The van der Waals surface area contributed by atoms with E-state index < -0.39 is 19.8 Å². The molecule has 70 valence electrons. The number of halogens is 5. The van der Waals surface area contributed by atoms with Gasteiger partial charge in [-0.1, -0.05) is 58.0 Å². The van der Waals surface area contributed by atoms with Crippen LogP contribution in [0.2, 0.25) is 0 Å². The van der Waals surface area contributed by atoms with Gasteiger partial charge >= 0.3 is 5.97 Å². The SMILES string of the molecule is COC(=O)C(=C(Cl)Cl)C(Cl)(Cl)Cl. The van der Waals surface area contributed by atoms with Gasteiger partial charge in [-0.2, -0.15) is 0 Å². The minimum atomic E-state index is -1.98. The van der Waals surface area contributed by atoms with E-state index in [0.717, 1.165) is 7.11 Å². The normalized spacial score (nSPS) is 10.8. The van der Waals surface area contributed by atoms with Crippen LogP contribution in [0.3, 0.4) is 0 Å². The van der Waals surface area contributed by atoms with E-state index in [1.165, 1.54) is 0 Å². The van der Waals surface area contributed by atoms with Gasteiger partial charge in [0.05, 0.1) is 7.11 Å². The molecule has 0 aromatic carbocycles. The monoisotopic (exact) mass is 270 g/mol. The number of carbonyl (C=O) groups excluding carboxylic acids is 1. The first kappa shape index (κ1) is 12.7. The van der Waals surface area contributed by atoms with E-state index in [2.05, 4.69) is 4.74 Å². The van der Waals surface area contributed by atoms with Gasteiger partial charge in [0.2, 0.25) is 3.79 Å². The average molecular weight is 272 g/mol. The van der Waals surface area contributed by atoms with Crippen LogP contribution in [0.15, 0.2) is 10.1 Å². The molecule has 0 aromatic heterocycles. The Morgan fingerprint density at radius 3 is 1.75 bits per heavy atom. The Labute approximate surface area is 94.3 Å². The highest BCUT2D eigenvalue weighted by molar-refractivity contribution is 6.72. The third kappa shape index (κ3) is 3.58. The number of hydrogen-bond donors (Lipinski definition) is 0. The second-order valence-corrected chi connectivity index (χ2v) is 4.86. The molecule has 2 nitrogen and oxygen atoms in total. The molecule has 0 saturated carbocycles. The second kappa shape index (κ2) is 4.77. The molecular formula is C5H3Cl5O2. The highest BCUT2D eigenvalue weighted by Crippen LogP contribution is 2.38. The summed E-state index contributed by atoms with van der Waals surface area (Å²) in [5.74, 6) is -0.880. The van der Waals surface area contributed by atoms with Gasteiger partial charge in [-0.15, -0.1) is 0 Å². The third-order valence-electron chi connectivity index (χ3n) is 0.862. The van der Waals surface area contributed by atoms with Crippen molar-refractivity contribution in [1.29, 1.82) is 0 Å². The van der Waals surface area contributed by atoms with Crippen LogP contribution in [0.1, 0.15) is 0 Å². The Balaban J connectivity index is 4.97. The Bertz CT molecular complexity index is 212. The fourth-order valence-corrected chi connectivity index (χ4v) is 1.64. The fourth-order valence-electron chi connectivity index (χ4n) is 0.402. The van der Waals surface area contributed by atoms with E-state index in [9.17, 15) is 4.79 Å². The van der Waals surface area contributed by atoms with Gasteiger partial charge in [0, 0.05) is 0 Å². The maximum Gasteiger partial charge on any atom is 0.340 e. The molecule has 0 aliphatic heterocycles. The Hall–Kier alpha value is 0.660. The lowest BCUT2D eigenvalue weighted by Gasteiger charge is -2.13. The van der Waals surface area contributed by atoms with Gasteiger partial charge in [-0.3, -0.25) is 0 Å². The van der Waals surface area contributed by atoms with Crippen molar-refractivity contribution in [3.8, 4) is 0 Å². The summed E-state index contributed by atoms with van der Waals surface area (Å²) >= 11 is 26.7. The minimum Gasteiger partial charge on any atom is -0.465 e. The van der Waals surface area contributed by atoms with Gasteiger partial charge in [0.15, 0.2) is 0 Å². The molecule has 0 atom stereocenters. The van der Waals surface area contributed by atoms with Crippen LogP contribution in [-0.4, -0.2) is 16.9 Å². The first-order valence-corrected chi connectivity index (χ1v) is 4.40. The minimum absolute atomic E-state index is 0.404. The number of carbonyl (C=O) groups is 1. The molecule has 0 N–H and O–H groups in total. The molecule has 0 bridgehead atoms. The first-order chi connectivity index (χ1) is 5.30. The van der Waals surface area contributed by atoms with Crippen LogP contribution in [0, 0.1) is 0 Å². The van der Waals surface area contributed by atoms with Gasteiger partial charge in [0.25, 0.3) is 0 Å². The van der Waals surface area contributed by atoms with Crippen molar-refractivity contribution in [1.82, 2.24) is 0 Å². The number of ether oxygens (including phenoxy) is 1. The van der Waals surface area contributed by atoms with E-state index in [1.807, 2.05) is 0 Å². The highest BCUT2D eigenvalue weighted by Gasteiger charge is 2.35. The zero-order valence-corrected chi connectivity index (χ0v) is 9.49. The molecule has 0 aliphatic rings. The van der Waals surface area contributed by atoms with Crippen LogP contribution in [0.4, 0.5) is 0 Å². The summed E-state index contributed by atoms with van der Waals surface area (Å²) in [6.07, 6.45) is 0. The number of rotatable bonds is 1. The number of alkyl halides is 3. The number of esters is 1. The number of hydrogen-bond acceptors (Lipinski definition) is 2. The summed E-state index contributed by atoms with van der Waals surface area (Å²) in [5, 5.41) is 0. The average Bonchev–Trinajstić information content (AvgIpc) is 1.83. The molecule has 12 heavy (non-hydrogen) atoms. The summed E-state index contributed by atoms with van der Waals surface area (Å²) in [6, 6.07) is 0. The summed E-state index contributed by atoms with van der Waals surface area (Å²) in [4.78, 5) is 10.9.